The highest BCUT2D eigenvalue weighted by Gasteiger charge is 2.17. The van der Waals surface area contributed by atoms with E-state index in [1.54, 1.807) is 11.9 Å². The van der Waals surface area contributed by atoms with Crippen molar-refractivity contribution in [2.24, 2.45) is 0 Å². The number of carboxylic acid groups (broad SMARTS) is 1. The molecule has 0 unspecified atom stereocenters. The van der Waals surface area contributed by atoms with E-state index in [0.29, 0.717) is 0 Å². The molecule has 29 heavy (non-hydrogen) atoms. The van der Waals surface area contributed by atoms with Gasteiger partial charge in [-0.3, -0.25) is 4.79 Å². The lowest BCUT2D eigenvalue weighted by Gasteiger charge is -2.22. The minimum Gasteiger partial charge on any atom is -0.480 e. The predicted molar refractivity (Wildman–Crippen MR) is 121 cm³/mol. The first-order valence-electron chi connectivity index (χ1n) is 10.4. The molecule has 0 amide bonds. The maximum atomic E-state index is 11.2. The summed E-state index contributed by atoms with van der Waals surface area (Å²) in [6.07, 6.45) is 6.06. The van der Waals surface area contributed by atoms with Gasteiger partial charge in [0.25, 0.3) is 0 Å². The van der Waals surface area contributed by atoms with Crippen molar-refractivity contribution >= 4 is 22.7 Å². The normalized spacial score (nSPS) is 11.0. The van der Waals surface area contributed by atoms with E-state index in [1.165, 1.54) is 31.2 Å². The van der Waals surface area contributed by atoms with Crippen molar-refractivity contribution in [3.05, 3.63) is 59.7 Å². The summed E-state index contributed by atoms with van der Waals surface area (Å²) in [5.74, 6) is -0.146. The van der Waals surface area contributed by atoms with Crippen LogP contribution in [0.3, 0.4) is 0 Å². The zero-order valence-corrected chi connectivity index (χ0v) is 17.6. The molecule has 0 aliphatic carbocycles. The average molecular weight is 391 g/mol. The Bertz CT molecular complexity index is 983. The van der Waals surface area contributed by atoms with E-state index in [9.17, 15) is 9.90 Å². The van der Waals surface area contributed by atoms with Crippen LogP contribution in [0.4, 0.5) is 5.82 Å². The van der Waals surface area contributed by atoms with Crippen LogP contribution in [0.15, 0.2) is 48.5 Å². The molecule has 0 atom stereocenters. The van der Waals surface area contributed by atoms with Crippen molar-refractivity contribution in [1.82, 2.24) is 4.98 Å². The molecule has 0 spiro atoms. The Kier molecular flexibility index (Phi) is 6.86. The fourth-order valence-corrected chi connectivity index (χ4v) is 3.93. The van der Waals surface area contributed by atoms with Crippen LogP contribution in [-0.4, -0.2) is 29.7 Å². The summed E-state index contributed by atoms with van der Waals surface area (Å²) < 4.78 is 0. The summed E-state index contributed by atoms with van der Waals surface area (Å²) in [5.41, 5.74) is 5.51. The topological polar surface area (TPSA) is 53.4 Å². The summed E-state index contributed by atoms with van der Waals surface area (Å²) in [5, 5.41) is 10.4. The molecular formula is C25H30N2O2. The van der Waals surface area contributed by atoms with Crippen LogP contribution in [0.25, 0.3) is 22.0 Å². The fraction of sp³-hybridized carbons (Fsp3) is 0.360. The number of likely N-dealkylation sites (N-methyl/N-ethyl adjacent to an activating group) is 1. The maximum Gasteiger partial charge on any atom is 0.323 e. The quantitative estimate of drug-likeness (QED) is 0.465. The third-order valence-electron chi connectivity index (χ3n) is 5.38. The smallest absolute Gasteiger partial charge is 0.323 e. The Morgan fingerprint density at radius 1 is 1.07 bits per heavy atom. The van der Waals surface area contributed by atoms with Crippen LogP contribution >= 0.6 is 0 Å². The van der Waals surface area contributed by atoms with E-state index in [4.69, 9.17) is 4.98 Å². The van der Waals surface area contributed by atoms with Crippen molar-refractivity contribution in [1.29, 1.82) is 0 Å². The largest absolute Gasteiger partial charge is 0.480 e. The number of carbonyl (C=O) groups is 1. The highest BCUT2D eigenvalue weighted by Crippen LogP contribution is 2.36. The summed E-state index contributed by atoms with van der Waals surface area (Å²) >= 11 is 0. The Balaban J connectivity index is 2.11. The van der Waals surface area contributed by atoms with Crippen LogP contribution in [0.1, 0.15) is 43.7 Å². The van der Waals surface area contributed by atoms with Crippen molar-refractivity contribution in [2.75, 3.05) is 18.5 Å². The number of pyridine rings is 1. The number of rotatable bonds is 9. The molecule has 0 radical (unpaired) electrons. The van der Waals surface area contributed by atoms with Crippen LogP contribution in [0, 0.1) is 6.92 Å². The van der Waals surface area contributed by atoms with E-state index < -0.39 is 5.97 Å². The molecule has 3 aromatic rings. The van der Waals surface area contributed by atoms with Crippen molar-refractivity contribution in [3.8, 4) is 11.1 Å². The maximum absolute atomic E-state index is 11.2. The standard InChI is InChI=1S/C25H30N2O2/c1-4-5-6-8-11-19-14-15-22-21(16-19)24(20-12-9-7-10-13-20)18(2)25(26-22)27(3)17-23(28)29/h7,9-10,12-16H,4-6,8,11,17H2,1-3H3,(H,28,29). The number of aliphatic carboxylic acids is 1. The number of anilines is 1. The molecule has 3 rings (SSSR count). The highest BCUT2D eigenvalue weighted by atomic mass is 16.4. The second kappa shape index (κ2) is 9.55. The minimum atomic E-state index is -0.863. The Hall–Kier alpha value is -2.88. The number of benzene rings is 2. The molecule has 0 saturated heterocycles. The van der Waals surface area contributed by atoms with Gasteiger partial charge in [0.1, 0.15) is 12.4 Å². The van der Waals surface area contributed by atoms with E-state index in [2.05, 4.69) is 37.3 Å². The minimum absolute atomic E-state index is 0.0803. The second-order valence-electron chi connectivity index (χ2n) is 7.71. The van der Waals surface area contributed by atoms with E-state index in [1.807, 2.05) is 25.1 Å². The number of fused-ring (bicyclic) bond motifs is 1. The molecule has 152 valence electrons. The molecule has 0 aliphatic rings. The van der Waals surface area contributed by atoms with Gasteiger partial charge in [-0.1, -0.05) is 62.6 Å². The van der Waals surface area contributed by atoms with Crippen LogP contribution in [0.2, 0.25) is 0 Å². The van der Waals surface area contributed by atoms with Crippen molar-refractivity contribution in [2.45, 2.75) is 46.0 Å². The van der Waals surface area contributed by atoms with Gasteiger partial charge in [-0.05, 0) is 48.6 Å². The number of aryl methyl sites for hydroxylation is 1. The van der Waals surface area contributed by atoms with Crippen LogP contribution in [0.5, 0.6) is 0 Å². The van der Waals surface area contributed by atoms with Gasteiger partial charge in [0.15, 0.2) is 0 Å². The number of carboxylic acids is 1. The number of aromatic nitrogens is 1. The summed E-state index contributed by atoms with van der Waals surface area (Å²) in [6, 6.07) is 16.8. The lowest BCUT2D eigenvalue weighted by Crippen LogP contribution is -2.26. The Labute approximate surface area is 173 Å². The molecule has 1 heterocycles. The van der Waals surface area contributed by atoms with Gasteiger partial charge in [-0.25, -0.2) is 4.98 Å². The van der Waals surface area contributed by atoms with Gasteiger partial charge in [-0.2, -0.15) is 0 Å². The second-order valence-corrected chi connectivity index (χ2v) is 7.71. The molecule has 0 fully saturated rings. The van der Waals surface area contributed by atoms with Gasteiger partial charge in [0, 0.05) is 18.0 Å². The molecule has 0 saturated carbocycles. The van der Waals surface area contributed by atoms with Gasteiger partial charge < -0.3 is 10.0 Å². The highest BCUT2D eigenvalue weighted by molar-refractivity contribution is 5.99. The number of hydrogen-bond acceptors (Lipinski definition) is 3. The van der Waals surface area contributed by atoms with Gasteiger partial charge in [0.2, 0.25) is 0 Å². The van der Waals surface area contributed by atoms with Gasteiger partial charge >= 0.3 is 5.97 Å². The molecule has 1 N–H and O–H groups in total. The third kappa shape index (κ3) is 4.94. The number of hydrogen-bond donors (Lipinski definition) is 1. The van der Waals surface area contributed by atoms with E-state index in [0.717, 1.165) is 39.8 Å². The Morgan fingerprint density at radius 2 is 1.83 bits per heavy atom. The lowest BCUT2D eigenvalue weighted by atomic mass is 9.94. The molecule has 1 aromatic heterocycles. The van der Waals surface area contributed by atoms with Crippen molar-refractivity contribution in [3.63, 3.8) is 0 Å². The molecule has 4 heteroatoms. The molecule has 2 aromatic carbocycles. The summed E-state index contributed by atoms with van der Waals surface area (Å²) in [6.45, 7) is 4.19. The number of nitrogens with zero attached hydrogens (tertiary/aromatic N) is 2. The van der Waals surface area contributed by atoms with Crippen molar-refractivity contribution < 1.29 is 9.90 Å². The van der Waals surface area contributed by atoms with Gasteiger partial charge in [0.05, 0.1) is 5.52 Å². The van der Waals surface area contributed by atoms with E-state index >= 15 is 0 Å². The molecule has 0 bridgehead atoms. The monoisotopic (exact) mass is 390 g/mol. The van der Waals surface area contributed by atoms with Gasteiger partial charge in [-0.15, -0.1) is 0 Å². The first-order chi connectivity index (χ1) is 14.0. The lowest BCUT2D eigenvalue weighted by molar-refractivity contribution is -0.135. The SMILES string of the molecule is CCCCCCc1ccc2nc(N(C)CC(=O)O)c(C)c(-c3ccccc3)c2c1. The number of unbranched alkanes of at least 4 members (excludes halogenated alkanes) is 3. The zero-order valence-electron chi connectivity index (χ0n) is 17.6. The molecular weight excluding hydrogens is 360 g/mol. The third-order valence-corrected chi connectivity index (χ3v) is 5.38. The zero-order chi connectivity index (χ0) is 20.8. The first kappa shape index (κ1) is 20.8. The Morgan fingerprint density at radius 3 is 2.52 bits per heavy atom. The summed E-state index contributed by atoms with van der Waals surface area (Å²) in [4.78, 5) is 17.8. The molecule has 4 nitrogen and oxygen atoms in total. The van der Waals surface area contributed by atoms with Crippen LogP contribution in [-0.2, 0) is 11.2 Å². The fourth-order valence-electron chi connectivity index (χ4n) is 3.93. The van der Waals surface area contributed by atoms with E-state index in [-0.39, 0.29) is 6.54 Å². The first-order valence-corrected chi connectivity index (χ1v) is 10.4. The summed E-state index contributed by atoms with van der Waals surface area (Å²) in [7, 11) is 1.78. The van der Waals surface area contributed by atoms with Crippen LogP contribution < -0.4 is 4.90 Å². The predicted octanol–water partition coefficient (Wildman–Crippen LogP) is 5.85. The average Bonchev–Trinajstić information content (AvgIpc) is 2.71. The molecule has 0 aliphatic heterocycles.